The number of carbonyl (C=O) groups excluding carboxylic acids is 1. The van der Waals surface area contributed by atoms with Gasteiger partial charge in [-0.1, -0.05) is 12.1 Å². The number of aromatic nitrogens is 2. The van der Waals surface area contributed by atoms with Gasteiger partial charge in [0, 0.05) is 24.0 Å². The lowest BCUT2D eigenvalue weighted by atomic mass is 10.1. The number of rotatable bonds is 4. The van der Waals surface area contributed by atoms with Gasteiger partial charge >= 0.3 is 0 Å². The maximum atomic E-state index is 13.1. The first-order valence-corrected chi connectivity index (χ1v) is 9.18. The molecule has 1 fully saturated rings. The summed E-state index contributed by atoms with van der Waals surface area (Å²) in [5, 5.41) is 3.86. The van der Waals surface area contributed by atoms with Gasteiger partial charge in [0.05, 0.1) is 11.6 Å². The third kappa shape index (κ3) is 3.60. The normalized spacial score (nSPS) is 15.1. The van der Waals surface area contributed by atoms with Crippen LogP contribution in [0.5, 0.6) is 0 Å². The van der Waals surface area contributed by atoms with Crippen LogP contribution in [0.3, 0.4) is 0 Å². The summed E-state index contributed by atoms with van der Waals surface area (Å²) in [6, 6.07) is 11.4. The quantitative estimate of drug-likeness (QED) is 0.764. The molecule has 3 aromatic rings. The number of halogens is 1. The van der Waals surface area contributed by atoms with Gasteiger partial charge in [-0.05, 0) is 55.7 Å². The molecule has 1 unspecified atom stereocenters. The molecule has 0 spiro atoms. The molecule has 5 nitrogen and oxygen atoms in total. The van der Waals surface area contributed by atoms with Gasteiger partial charge in [-0.25, -0.2) is 14.4 Å². The molecule has 0 saturated carbocycles. The Labute approximate surface area is 157 Å². The summed E-state index contributed by atoms with van der Waals surface area (Å²) in [4.78, 5) is 23.8. The number of anilines is 1. The van der Waals surface area contributed by atoms with Crippen molar-refractivity contribution in [3.05, 3.63) is 65.7 Å². The first kappa shape index (κ1) is 17.4. The predicted octanol–water partition coefficient (Wildman–Crippen LogP) is 3.86. The number of amides is 1. The minimum absolute atomic E-state index is 0.176. The highest BCUT2D eigenvalue weighted by Crippen LogP contribution is 2.27. The highest BCUT2D eigenvalue weighted by atomic mass is 19.1. The molecule has 1 saturated heterocycles. The summed E-state index contributed by atoms with van der Waals surface area (Å²) in [5.74, 6) is 0.421. The van der Waals surface area contributed by atoms with E-state index in [-0.39, 0.29) is 17.8 Å². The second-order valence-corrected chi connectivity index (χ2v) is 6.87. The predicted molar refractivity (Wildman–Crippen MR) is 103 cm³/mol. The number of hydrogen-bond acceptors (Lipinski definition) is 4. The van der Waals surface area contributed by atoms with Crippen LogP contribution in [0, 0.1) is 5.82 Å². The van der Waals surface area contributed by atoms with Crippen molar-refractivity contribution < 1.29 is 9.18 Å². The van der Waals surface area contributed by atoms with Crippen LogP contribution < -0.4 is 10.2 Å². The van der Waals surface area contributed by atoms with E-state index >= 15 is 0 Å². The van der Waals surface area contributed by atoms with E-state index in [1.165, 1.54) is 12.1 Å². The van der Waals surface area contributed by atoms with E-state index in [0.717, 1.165) is 48.2 Å². The molecule has 1 amide bonds. The first-order chi connectivity index (χ1) is 13.1. The van der Waals surface area contributed by atoms with E-state index in [4.69, 9.17) is 0 Å². The summed E-state index contributed by atoms with van der Waals surface area (Å²) < 4.78 is 13.1. The topological polar surface area (TPSA) is 58.1 Å². The van der Waals surface area contributed by atoms with E-state index in [1.54, 1.807) is 24.5 Å². The molecule has 4 rings (SSSR count). The number of nitrogens with one attached hydrogen (secondary N) is 1. The zero-order valence-corrected chi connectivity index (χ0v) is 15.2. The van der Waals surface area contributed by atoms with Crippen LogP contribution >= 0.6 is 0 Å². The molecule has 138 valence electrons. The average Bonchev–Trinajstić information content (AvgIpc) is 3.22. The van der Waals surface area contributed by atoms with Crippen molar-refractivity contribution in [2.24, 2.45) is 0 Å². The third-order valence-electron chi connectivity index (χ3n) is 5.00. The highest BCUT2D eigenvalue weighted by Gasteiger charge is 2.18. The highest BCUT2D eigenvalue weighted by molar-refractivity contribution is 6.00. The van der Waals surface area contributed by atoms with Gasteiger partial charge in [-0.3, -0.25) is 4.79 Å². The van der Waals surface area contributed by atoms with Gasteiger partial charge in [0.1, 0.15) is 18.0 Å². The molecule has 0 bridgehead atoms. The molecule has 1 aliphatic rings. The monoisotopic (exact) mass is 364 g/mol. The summed E-state index contributed by atoms with van der Waals surface area (Å²) >= 11 is 0. The molecule has 6 heteroatoms. The second-order valence-electron chi connectivity index (χ2n) is 6.87. The molecule has 1 atom stereocenters. The van der Waals surface area contributed by atoms with Gasteiger partial charge in [-0.2, -0.15) is 0 Å². The maximum Gasteiger partial charge on any atom is 0.251 e. The number of fused-ring (bicyclic) bond motifs is 1. The SMILES string of the molecule is CC(NC(=O)c1ccc2ncnc(N3CCCC3)c2c1)c1ccc(F)cc1. The van der Waals surface area contributed by atoms with E-state index in [2.05, 4.69) is 20.2 Å². The Morgan fingerprint density at radius 2 is 1.85 bits per heavy atom. The fourth-order valence-electron chi connectivity index (χ4n) is 3.48. The van der Waals surface area contributed by atoms with Gasteiger partial charge < -0.3 is 10.2 Å². The zero-order valence-electron chi connectivity index (χ0n) is 15.2. The Bertz CT molecular complexity index is 968. The van der Waals surface area contributed by atoms with Crippen LogP contribution in [-0.4, -0.2) is 29.0 Å². The molecule has 0 radical (unpaired) electrons. The van der Waals surface area contributed by atoms with Gasteiger partial charge in [0.15, 0.2) is 0 Å². The Hall–Kier alpha value is -3.02. The first-order valence-electron chi connectivity index (χ1n) is 9.18. The molecule has 1 N–H and O–H groups in total. The van der Waals surface area contributed by atoms with Crippen molar-refractivity contribution in [2.75, 3.05) is 18.0 Å². The summed E-state index contributed by atoms with van der Waals surface area (Å²) in [5.41, 5.74) is 2.24. The number of hydrogen-bond donors (Lipinski definition) is 1. The Morgan fingerprint density at radius 1 is 1.11 bits per heavy atom. The van der Waals surface area contributed by atoms with E-state index < -0.39 is 0 Å². The number of nitrogens with zero attached hydrogens (tertiary/aromatic N) is 3. The summed E-state index contributed by atoms with van der Waals surface area (Å²) in [7, 11) is 0. The van der Waals surface area contributed by atoms with E-state index in [0.29, 0.717) is 5.56 Å². The van der Waals surface area contributed by atoms with Crippen molar-refractivity contribution in [2.45, 2.75) is 25.8 Å². The van der Waals surface area contributed by atoms with Crippen LogP contribution in [0.2, 0.25) is 0 Å². The van der Waals surface area contributed by atoms with Gasteiger partial charge in [0.2, 0.25) is 0 Å². The Kier molecular flexibility index (Phi) is 4.71. The second kappa shape index (κ2) is 7.31. The van der Waals surface area contributed by atoms with Crippen molar-refractivity contribution in [3.8, 4) is 0 Å². The van der Waals surface area contributed by atoms with Crippen LogP contribution in [0.4, 0.5) is 10.2 Å². The Morgan fingerprint density at radius 3 is 2.59 bits per heavy atom. The minimum Gasteiger partial charge on any atom is -0.356 e. The molecule has 2 heterocycles. The number of carbonyl (C=O) groups is 1. The van der Waals surface area contributed by atoms with Crippen molar-refractivity contribution in [3.63, 3.8) is 0 Å². The van der Waals surface area contributed by atoms with Crippen LogP contribution in [-0.2, 0) is 0 Å². The number of benzene rings is 2. The third-order valence-corrected chi connectivity index (χ3v) is 5.00. The van der Waals surface area contributed by atoms with Crippen molar-refractivity contribution in [1.82, 2.24) is 15.3 Å². The van der Waals surface area contributed by atoms with Crippen molar-refractivity contribution in [1.29, 1.82) is 0 Å². The fraction of sp³-hybridized carbons (Fsp3) is 0.286. The summed E-state index contributed by atoms with van der Waals surface area (Å²) in [6.45, 7) is 3.83. The lowest BCUT2D eigenvalue weighted by Gasteiger charge is -2.18. The largest absolute Gasteiger partial charge is 0.356 e. The van der Waals surface area contributed by atoms with Gasteiger partial charge in [-0.15, -0.1) is 0 Å². The van der Waals surface area contributed by atoms with E-state index in [9.17, 15) is 9.18 Å². The molecule has 1 aromatic heterocycles. The summed E-state index contributed by atoms with van der Waals surface area (Å²) in [6.07, 6.45) is 3.88. The molecule has 2 aromatic carbocycles. The lowest BCUT2D eigenvalue weighted by molar-refractivity contribution is 0.0940. The van der Waals surface area contributed by atoms with Crippen LogP contribution in [0.1, 0.15) is 41.7 Å². The van der Waals surface area contributed by atoms with Crippen molar-refractivity contribution >= 4 is 22.6 Å². The minimum atomic E-state index is -0.291. The van der Waals surface area contributed by atoms with E-state index in [1.807, 2.05) is 19.1 Å². The molecular formula is C21H21FN4O. The standard InChI is InChI=1S/C21H21FN4O/c1-14(15-4-7-17(22)8-5-15)25-21(27)16-6-9-19-18(12-16)20(24-13-23-19)26-10-2-3-11-26/h4-9,12-14H,2-3,10-11H2,1H3,(H,25,27). The molecule has 1 aliphatic heterocycles. The Balaban J connectivity index is 1.60. The van der Waals surface area contributed by atoms with Gasteiger partial charge in [0.25, 0.3) is 5.91 Å². The van der Waals surface area contributed by atoms with Crippen LogP contribution in [0.25, 0.3) is 10.9 Å². The lowest BCUT2D eigenvalue weighted by Crippen LogP contribution is -2.26. The maximum absolute atomic E-state index is 13.1. The molecule has 27 heavy (non-hydrogen) atoms. The fourth-order valence-corrected chi connectivity index (χ4v) is 3.48. The average molecular weight is 364 g/mol. The zero-order chi connectivity index (χ0) is 18.8. The molecule has 0 aliphatic carbocycles. The molecular weight excluding hydrogens is 343 g/mol. The smallest absolute Gasteiger partial charge is 0.251 e. The van der Waals surface area contributed by atoms with Crippen LogP contribution in [0.15, 0.2) is 48.8 Å².